The molecule has 0 bridgehead atoms. The van der Waals surface area contributed by atoms with E-state index in [1.165, 1.54) is 18.2 Å². The van der Waals surface area contributed by atoms with Gasteiger partial charge in [0.2, 0.25) is 0 Å². The Morgan fingerprint density at radius 2 is 2.05 bits per heavy atom. The molecule has 0 aliphatic carbocycles. The lowest BCUT2D eigenvalue weighted by Gasteiger charge is -2.18. The molecule has 0 fully saturated rings. The summed E-state index contributed by atoms with van der Waals surface area (Å²) in [6.07, 6.45) is 2.11. The largest absolute Gasteiger partial charge is 0.360 e. The van der Waals surface area contributed by atoms with Gasteiger partial charge in [-0.1, -0.05) is 25.4 Å². The number of rotatable bonds is 6. The van der Waals surface area contributed by atoms with E-state index in [0.717, 1.165) is 12.8 Å². The molecule has 1 aromatic rings. The van der Waals surface area contributed by atoms with Crippen molar-refractivity contribution >= 4 is 40.3 Å². The van der Waals surface area contributed by atoms with Gasteiger partial charge >= 0.3 is 0 Å². The van der Waals surface area contributed by atoms with E-state index in [-0.39, 0.29) is 11.7 Å². The number of anilines is 1. The first-order valence-corrected chi connectivity index (χ1v) is 7.59. The molecule has 1 atom stereocenters. The lowest BCUT2D eigenvalue weighted by Crippen LogP contribution is -2.36. The van der Waals surface area contributed by atoms with E-state index in [2.05, 4.69) is 24.5 Å². The maximum absolute atomic E-state index is 10.8. The lowest BCUT2D eigenvalue weighted by molar-refractivity contribution is -0.384. The first-order valence-electron chi connectivity index (χ1n) is 6.81. The summed E-state index contributed by atoms with van der Waals surface area (Å²) in [4.78, 5) is 10.3. The Morgan fingerprint density at radius 1 is 1.38 bits per heavy atom. The zero-order valence-corrected chi connectivity index (χ0v) is 13.9. The van der Waals surface area contributed by atoms with Gasteiger partial charge in [-0.2, -0.15) is 0 Å². The summed E-state index contributed by atoms with van der Waals surface area (Å²) in [5.41, 5.74) is 0.400. The molecule has 7 heteroatoms. The van der Waals surface area contributed by atoms with Crippen LogP contribution in [-0.2, 0) is 0 Å². The number of benzene rings is 1. The number of hydrogen-bond acceptors (Lipinski definition) is 3. The molecule has 5 nitrogen and oxygen atoms in total. The zero-order valence-electron chi connectivity index (χ0n) is 12.4. The molecule has 116 valence electrons. The Labute approximate surface area is 135 Å². The third kappa shape index (κ3) is 6.27. The van der Waals surface area contributed by atoms with Crippen molar-refractivity contribution in [2.24, 2.45) is 5.92 Å². The number of nitro groups is 1. The van der Waals surface area contributed by atoms with Crippen LogP contribution in [0, 0.1) is 16.0 Å². The molecule has 0 aromatic heterocycles. The van der Waals surface area contributed by atoms with Gasteiger partial charge in [0.1, 0.15) is 0 Å². The van der Waals surface area contributed by atoms with Gasteiger partial charge in [-0.15, -0.1) is 0 Å². The maximum atomic E-state index is 10.8. The fraction of sp³-hybridized carbons (Fsp3) is 0.500. The van der Waals surface area contributed by atoms with Gasteiger partial charge in [0, 0.05) is 18.2 Å². The number of thiocarbonyl (C=S) groups is 1. The standard InChI is InChI=1S/C14H20ClN3O2S/c1-9(2)4-5-10(3)16-14(21)17-13-8-11(18(19)20)6-7-12(13)15/h6-10H,4-5H2,1-3H3,(H2,16,17,21)/t10-/m1/s1. The Balaban J connectivity index is 2.62. The molecule has 0 aliphatic heterocycles. The molecule has 21 heavy (non-hydrogen) atoms. The van der Waals surface area contributed by atoms with Crippen molar-refractivity contribution in [2.45, 2.75) is 39.7 Å². The van der Waals surface area contributed by atoms with Crippen LogP contribution in [0.25, 0.3) is 0 Å². The van der Waals surface area contributed by atoms with E-state index in [1.54, 1.807) is 0 Å². The quantitative estimate of drug-likeness (QED) is 0.461. The van der Waals surface area contributed by atoms with Gasteiger partial charge in [0.15, 0.2) is 5.11 Å². The third-order valence-corrected chi connectivity index (χ3v) is 3.51. The highest BCUT2D eigenvalue weighted by Gasteiger charge is 2.12. The van der Waals surface area contributed by atoms with Crippen molar-refractivity contribution in [3.05, 3.63) is 33.3 Å². The van der Waals surface area contributed by atoms with Crippen LogP contribution in [0.3, 0.4) is 0 Å². The van der Waals surface area contributed by atoms with E-state index in [4.69, 9.17) is 23.8 Å². The number of nitrogens with one attached hydrogen (secondary N) is 2. The molecule has 0 amide bonds. The van der Waals surface area contributed by atoms with Crippen LogP contribution >= 0.6 is 23.8 Å². The van der Waals surface area contributed by atoms with Crippen molar-refractivity contribution in [3.8, 4) is 0 Å². The highest BCUT2D eigenvalue weighted by Crippen LogP contribution is 2.26. The van der Waals surface area contributed by atoms with Crippen molar-refractivity contribution in [1.29, 1.82) is 0 Å². The number of nitrogens with zero attached hydrogens (tertiary/aromatic N) is 1. The summed E-state index contributed by atoms with van der Waals surface area (Å²) in [5, 5.41) is 17.6. The summed E-state index contributed by atoms with van der Waals surface area (Å²) in [6.45, 7) is 6.39. The van der Waals surface area contributed by atoms with Gasteiger partial charge in [-0.3, -0.25) is 10.1 Å². The minimum Gasteiger partial charge on any atom is -0.360 e. The van der Waals surface area contributed by atoms with Gasteiger partial charge in [-0.25, -0.2) is 0 Å². The molecule has 2 N–H and O–H groups in total. The number of hydrogen-bond donors (Lipinski definition) is 2. The Morgan fingerprint density at radius 3 is 2.62 bits per heavy atom. The van der Waals surface area contributed by atoms with Crippen LogP contribution in [0.1, 0.15) is 33.6 Å². The van der Waals surface area contributed by atoms with E-state index in [1.807, 2.05) is 6.92 Å². The van der Waals surface area contributed by atoms with Crippen molar-refractivity contribution in [2.75, 3.05) is 5.32 Å². The highest BCUT2D eigenvalue weighted by molar-refractivity contribution is 7.80. The van der Waals surface area contributed by atoms with E-state index in [0.29, 0.717) is 21.7 Å². The van der Waals surface area contributed by atoms with Crippen molar-refractivity contribution in [1.82, 2.24) is 5.32 Å². The van der Waals surface area contributed by atoms with E-state index < -0.39 is 4.92 Å². The summed E-state index contributed by atoms with van der Waals surface area (Å²) in [5.74, 6) is 0.641. The summed E-state index contributed by atoms with van der Waals surface area (Å²) >= 11 is 11.2. The topological polar surface area (TPSA) is 67.2 Å². The van der Waals surface area contributed by atoms with Crippen LogP contribution in [0.15, 0.2) is 18.2 Å². The highest BCUT2D eigenvalue weighted by atomic mass is 35.5. The Kier molecular flexibility index (Phi) is 6.84. The van der Waals surface area contributed by atoms with Gasteiger partial charge in [0.05, 0.1) is 15.6 Å². The zero-order chi connectivity index (χ0) is 16.0. The van der Waals surface area contributed by atoms with Crippen molar-refractivity contribution < 1.29 is 4.92 Å². The SMILES string of the molecule is CC(C)CC[C@@H](C)NC(=S)Nc1cc([N+](=O)[O-])ccc1Cl. The molecule has 1 aromatic carbocycles. The fourth-order valence-corrected chi connectivity index (χ4v) is 2.24. The number of halogens is 1. The molecular weight excluding hydrogens is 310 g/mol. The molecule has 0 saturated carbocycles. The first kappa shape index (κ1) is 17.7. The minimum absolute atomic E-state index is 0.0300. The fourth-order valence-electron chi connectivity index (χ4n) is 1.76. The maximum Gasteiger partial charge on any atom is 0.271 e. The van der Waals surface area contributed by atoms with Crippen molar-refractivity contribution in [3.63, 3.8) is 0 Å². The van der Waals surface area contributed by atoms with E-state index >= 15 is 0 Å². The van der Waals surface area contributed by atoms with E-state index in [9.17, 15) is 10.1 Å². The molecule has 0 aliphatic rings. The average molecular weight is 330 g/mol. The second kappa shape index (κ2) is 8.14. The third-order valence-electron chi connectivity index (χ3n) is 2.96. The molecule has 0 radical (unpaired) electrons. The predicted molar refractivity (Wildman–Crippen MR) is 91.0 cm³/mol. The molecule has 0 saturated heterocycles. The molecule has 0 heterocycles. The van der Waals surface area contributed by atoms with Crippen LogP contribution in [-0.4, -0.2) is 16.1 Å². The number of non-ortho nitro benzene ring substituents is 1. The Hall–Kier alpha value is -1.40. The van der Waals surface area contributed by atoms with Crippen LogP contribution in [0.5, 0.6) is 0 Å². The van der Waals surface area contributed by atoms with Crippen LogP contribution in [0.4, 0.5) is 11.4 Å². The Bertz CT molecular complexity index is 523. The second-order valence-electron chi connectivity index (χ2n) is 5.39. The van der Waals surface area contributed by atoms with Crippen LogP contribution in [0.2, 0.25) is 5.02 Å². The molecule has 0 spiro atoms. The minimum atomic E-state index is -0.469. The average Bonchev–Trinajstić information content (AvgIpc) is 2.38. The first-order chi connectivity index (χ1) is 9.79. The second-order valence-corrected chi connectivity index (χ2v) is 6.21. The predicted octanol–water partition coefficient (Wildman–Crippen LogP) is 4.36. The number of nitro benzene ring substituents is 1. The smallest absolute Gasteiger partial charge is 0.271 e. The van der Waals surface area contributed by atoms with Gasteiger partial charge in [-0.05, 0) is 44.0 Å². The normalized spacial score (nSPS) is 12.0. The van der Waals surface area contributed by atoms with Gasteiger partial charge in [0.25, 0.3) is 5.69 Å². The molecule has 1 rings (SSSR count). The summed E-state index contributed by atoms with van der Waals surface area (Å²) in [6, 6.07) is 4.43. The van der Waals surface area contributed by atoms with Gasteiger partial charge < -0.3 is 10.6 Å². The summed E-state index contributed by atoms with van der Waals surface area (Å²) in [7, 11) is 0. The summed E-state index contributed by atoms with van der Waals surface area (Å²) < 4.78 is 0. The molecular formula is C14H20ClN3O2S. The lowest BCUT2D eigenvalue weighted by atomic mass is 10.0. The van der Waals surface area contributed by atoms with Crippen LogP contribution < -0.4 is 10.6 Å². The monoisotopic (exact) mass is 329 g/mol. The molecule has 0 unspecified atom stereocenters.